The molecule has 1 saturated heterocycles. The molecule has 2 aromatic rings. The molecule has 228 valence electrons. The fourth-order valence-electron chi connectivity index (χ4n) is 4.99. The lowest BCUT2D eigenvalue weighted by molar-refractivity contribution is -0.304. The Balaban J connectivity index is 1.87. The van der Waals surface area contributed by atoms with Gasteiger partial charge in [-0.15, -0.1) is 0 Å². The highest BCUT2D eigenvalue weighted by Gasteiger charge is 2.49. The molecule has 0 aliphatic carbocycles. The maximum atomic E-state index is 14.1. The molecule has 0 aromatic heterocycles. The minimum absolute atomic E-state index is 0.0906. The van der Waals surface area contributed by atoms with E-state index in [1.807, 2.05) is 39.8 Å². The number of hydrogen-bond acceptors (Lipinski definition) is 11. The van der Waals surface area contributed by atoms with Gasteiger partial charge in [0, 0.05) is 17.2 Å². The fourth-order valence-corrected chi connectivity index (χ4v) is 4.99. The standard InChI is InChI=1S/C31H38O11/c1-13(2)6-8-16-10-17(11-21(34)24(16)36)28-30(42-31-27(39)26(38)23(35)15(5)40-31)25(37)22-20(33)12-19(32)18(29(22)41-28)9-7-14(3)4/h6-7,10-12,15,23,26-28,30-36,38-39H,8-9H2,1-5H3/t15-,23-,26+,27+,28-,30-,31-/m0/s1. The van der Waals surface area contributed by atoms with E-state index in [9.17, 15) is 40.5 Å². The average Bonchev–Trinajstić information content (AvgIpc) is 2.91. The highest BCUT2D eigenvalue weighted by atomic mass is 16.7. The molecule has 11 nitrogen and oxygen atoms in total. The largest absolute Gasteiger partial charge is 0.507 e. The Bertz CT molecular complexity index is 1400. The van der Waals surface area contributed by atoms with E-state index in [0.29, 0.717) is 5.56 Å². The normalized spacial score (nSPS) is 27.1. The number of ketones is 1. The topological polar surface area (TPSA) is 186 Å². The van der Waals surface area contributed by atoms with E-state index in [4.69, 9.17) is 14.2 Å². The number of allylic oxidation sites excluding steroid dienone is 4. The molecule has 0 unspecified atom stereocenters. The van der Waals surface area contributed by atoms with Gasteiger partial charge < -0.3 is 50.0 Å². The molecule has 0 bridgehead atoms. The summed E-state index contributed by atoms with van der Waals surface area (Å²) < 4.78 is 17.8. The Morgan fingerprint density at radius 2 is 1.50 bits per heavy atom. The molecular weight excluding hydrogens is 548 g/mol. The molecule has 2 aromatic carbocycles. The zero-order valence-corrected chi connectivity index (χ0v) is 24.1. The van der Waals surface area contributed by atoms with E-state index in [0.717, 1.165) is 17.2 Å². The first-order chi connectivity index (χ1) is 19.7. The van der Waals surface area contributed by atoms with Gasteiger partial charge >= 0.3 is 0 Å². The van der Waals surface area contributed by atoms with Gasteiger partial charge in [-0.3, -0.25) is 4.79 Å². The van der Waals surface area contributed by atoms with Crippen LogP contribution in [0.3, 0.4) is 0 Å². The molecule has 0 amide bonds. The predicted octanol–water partition coefficient (Wildman–Crippen LogP) is 3.06. The van der Waals surface area contributed by atoms with E-state index < -0.39 is 60.2 Å². The van der Waals surface area contributed by atoms with Crippen LogP contribution in [0, 0.1) is 0 Å². The first kappa shape index (κ1) is 31.3. The number of Topliss-reactive ketones (excluding diaryl/α,β-unsaturated/α-hetero) is 1. The molecule has 0 saturated carbocycles. The van der Waals surface area contributed by atoms with Crippen LogP contribution < -0.4 is 4.74 Å². The van der Waals surface area contributed by atoms with Gasteiger partial charge in [0.2, 0.25) is 5.78 Å². The molecule has 42 heavy (non-hydrogen) atoms. The van der Waals surface area contributed by atoms with Crippen LogP contribution in [0.2, 0.25) is 0 Å². The second-order valence-corrected chi connectivity index (χ2v) is 11.3. The van der Waals surface area contributed by atoms with Gasteiger partial charge in [0.15, 0.2) is 30.0 Å². The number of ether oxygens (including phenoxy) is 3. The van der Waals surface area contributed by atoms with Crippen molar-refractivity contribution >= 4 is 5.78 Å². The molecular formula is C31H38O11. The number of hydrogen-bond donors (Lipinski definition) is 7. The van der Waals surface area contributed by atoms with E-state index in [-0.39, 0.29) is 46.8 Å². The number of fused-ring (bicyclic) bond motifs is 1. The van der Waals surface area contributed by atoms with Crippen molar-refractivity contribution in [2.45, 2.75) is 90.4 Å². The molecule has 1 fully saturated rings. The van der Waals surface area contributed by atoms with Gasteiger partial charge in [0.1, 0.15) is 41.1 Å². The van der Waals surface area contributed by atoms with E-state index in [1.165, 1.54) is 19.1 Å². The van der Waals surface area contributed by atoms with Gasteiger partial charge in [-0.05, 0) is 65.2 Å². The summed E-state index contributed by atoms with van der Waals surface area (Å²) in [6.07, 6.45) is -6.21. The van der Waals surface area contributed by atoms with Crippen molar-refractivity contribution in [2.75, 3.05) is 0 Å². The minimum Gasteiger partial charge on any atom is -0.507 e. The van der Waals surface area contributed by atoms with Crippen molar-refractivity contribution in [3.63, 3.8) is 0 Å². The third-order valence-corrected chi connectivity index (χ3v) is 7.42. The van der Waals surface area contributed by atoms with Crippen LogP contribution in [0.1, 0.15) is 67.8 Å². The monoisotopic (exact) mass is 586 g/mol. The number of aliphatic hydroxyl groups is 3. The minimum atomic E-state index is -1.74. The first-order valence-corrected chi connectivity index (χ1v) is 13.7. The van der Waals surface area contributed by atoms with Crippen molar-refractivity contribution in [1.29, 1.82) is 0 Å². The lowest BCUT2D eigenvalue weighted by Gasteiger charge is -2.42. The van der Waals surface area contributed by atoms with Gasteiger partial charge in [-0.1, -0.05) is 23.3 Å². The summed E-state index contributed by atoms with van der Waals surface area (Å²) in [5, 5.41) is 73.6. The van der Waals surface area contributed by atoms with Crippen molar-refractivity contribution < 1.29 is 54.8 Å². The van der Waals surface area contributed by atoms with Crippen LogP contribution in [0.25, 0.3) is 0 Å². The first-order valence-electron chi connectivity index (χ1n) is 13.7. The number of phenols is 4. The lowest BCUT2D eigenvalue weighted by Crippen LogP contribution is -2.59. The third kappa shape index (κ3) is 6.11. The summed E-state index contributed by atoms with van der Waals surface area (Å²) in [4.78, 5) is 14.1. The smallest absolute Gasteiger partial charge is 0.203 e. The summed E-state index contributed by atoms with van der Waals surface area (Å²) >= 11 is 0. The van der Waals surface area contributed by atoms with E-state index >= 15 is 0 Å². The second kappa shape index (κ2) is 12.3. The molecule has 7 N–H and O–H groups in total. The summed E-state index contributed by atoms with van der Waals surface area (Å²) in [6, 6.07) is 3.77. The molecule has 0 radical (unpaired) electrons. The van der Waals surface area contributed by atoms with Crippen molar-refractivity contribution in [2.24, 2.45) is 0 Å². The van der Waals surface area contributed by atoms with Crippen LogP contribution in [0.4, 0.5) is 0 Å². The summed E-state index contributed by atoms with van der Waals surface area (Å²) in [5.74, 6) is -2.56. The molecule has 2 heterocycles. The molecule has 11 heteroatoms. The van der Waals surface area contributed by atoms with Crippen molar-refractivity contribution in [1.82, 2.24) is 0 Å². The van der Waals surface area contributed by atoms with Gasteiger partial charge in [-0.2, -0.15) is 0 Å². The van der Waals surface area contributed by atoms with Gasteiger partial charge in [-0.25, -0.2) is 0 Å². The molecule has 4 rings (SSSR count). The average molecular weight is 587 g/mol. The third-order valence-electron chi connectivity index (χ3n) is 7.42. The number of aromatic hydroxyl groups is 4. The molecule has 0 spiro atoms. The summed E-state index contributed by atoms with van der Waals surface area (Å²) in [6.45, 7) is 8.92. The Morgan fingerprint density at radius 1 is 0.857 bits per heavy atom. The maximum absolute atomic E-state index is 14.1. The van der Waals surface area contributed by atoms with E-state index in [1.54, 1.807) is 0 Å². The van der Waals surface area contributed by atoms with Crippen LogP contribution in [-0.4, -0.2) is 78.3 Å². The number of carbonyl (C=O) groups excluding carboxylic acids is 1. The Hall–Kier alpha value is -3.61. The molecule has 2 aliphatic rings. The number of carbonyl (C=O) groups is 1. The number of rotatable bonds is 7. The maximum Gasteiger partial charge on any atom is 0.203 e. The fraction of sp³-hybridized carbons (Fsp3) is 0.452. The van der Waals surface area contributed by atoms with Gasteiger partial charge in [0.25, 0.3) is 0 Å². The Morgan fingerprint density at radius 3 is 2.14 bits per heavy atom. The molecule has 2 aliphatic heterocycles. The summed E-state index contributed by atoms with van der Waals surface area (Å²) in [5.41, 5.74) is 2.40. The number of phenolic OH excluding ortho intramolecular Hbond substituents is 4. The second-order valence-electron chi connectivity index (χ2n) is 11.3. The van der Waals surface area contributed by atoms with Gasteiger partial charge in [0.05, 0.1) is 6.10 Å². The van der Waals surface area contributed by atoms with Crippen molar-refractivity contribution in [3.8, 4) is 28.7 Å². The van der Waals surface area contributed by atoms with Crippen LogP contribution in [0.5, 0.6) is 28.7 Å². The highest BCUT2D eigenvalue weighted by molar-refractivity contribution is 6.06. The SMILES string of the molecule is CC(C)=CCc1cc([C@@H]2Oc3c(CC=C(C)C)c(O)cc(O)c3C(=O)[C@@H]2O[C@@H]2O[C@@H](C)[C@H](O)[C@@H](O)[C@H]2O)cc(O)c1O. The number of benzene rings is 2. The quantitative estimate of drug-likeness (QED) is 0.187. The summed E-state index contributed by atoms with van der Waals surface area (Å²) in [7, 11) is 0. The van der Waals surface area contributed by atoms with Crippen molar-refractivity contribution in [3.05, 3.63) is 63.8 Å². The number of aliphatic hydroxyl groups excluding tert-OH is 3. The van der Waals surface area contributed by atoms with Crippen LogP contribution in [0.15, 0.2) is 41.5 Å². The zero-order chi connectivity index (χ0) is 31.0. The zero-order valence-electron chi connectivity index (χ0n) is 24.1. The van der Waals surface area contributed by atoms with Crippen LogP contribution in [-0.2, 0) is 22.3 Å². The Labute approximate surface area is 243 Å². The van der Waals surface area contributed by atoms with Crippen LogP contribution >= 0.6 is 0 Å². The Kier molecular flexibility index (Phi) is 9.19. The van der Waals surface area contributed by atoms with E-state index in [2.05, 4.69) is 0 Å². The predicted molar refractivity (Wildman–Crippen MR) is 151 cm³/mol. The molecule has 7 atom stereocenters. The lowest BCUT2D eigenvalue weighted by atomic mass is 9.89. The highest BCUT2D eigenvalue weighted by Crippen LogP contribution is 2.48.